The van der Waals surface area contributed by atoms with Crippen molar-refractivity contribution in [2.75, 3.05) is 0 Å². The fraction of sp³-hybridized carbons (Fsp3) is 0.800. The van der Waals surface area contributed by atoms with E-state index in [1.165, 1.54) is 0 Å². The van der Waals surface area contributed by atoms with Gasteiger partial charge in [0.1, 0.15) is 5.92 Å². The van der Waals surface area contributed by atoms with Crippen LogP contribution in [0.15, 0.2) is 5.16 Å². The fourth-order valence-corrected chi connectivity index (χ4v) is 1.29. The van der Waals surface area contributed by atoms with E-state index in [0.717, 1.165) is 0 Å². The van der Waals surface area contributed by atoms with Crippen LogP contribution in [0.5, 0.6) is 0 Å². The Kier molecular flexibility index (Phi) is 4.58. The van der Waals surface area contributed by atoms with Crippen molar-refractivity contribution in [1.82, 2.24) is 5.32 Å². The summed E-state index contributed by atoms with van der Waals surface area (Å²) in [5.74, 6) is -0.864. The maximum absolute atomic E-state index is 11.8. The van der Waals surface area contributed by atoms with Crippen LogP contribution in [0.3, 0.4) is 0 Å². The summed E-state index contributed by atoms with van der Waals surface area (Å²) in [6.45, 7) is 9.35. The molecular weight excluding hydrogens is 194 g/mol. The van der Waals surface area contributed by atoms with Crippen LogP contribution < -0.4 is 11.1 Å². The van der Waals surface area contributed by atoms with Crippen LogP contribution in [0.4, 0.5) is 0 Å². The summed E-state index contributed by atoms with van der Waals surface area (Å²) in [6.07, 6.45) is 0. The van der Waals surface area contributed by atoms with Crippen molar-refractivity contribution in [3.63, 3.8) is 0 Å². The molecule has 0 spiro atoms. The van der Waals surface area contributed by atoms with Gasteiger partial charge in [0, 0.05) is 5.54 Å². The van der Waals surface area contributed by atoms with Gasteiger partial charge in [-0.3, -0.25) is 4.79 Å². The van der Waals surface area contributed by atoms with Gasteiger partial charge in [0.15, 0.2) is 5.84 Å². The van der Waals surface area contributed by atoms with Crippen LogP contribution in [0.25, 0.3) is 0 Å². The molecule has 15 heavy (non-hydrogen) atoms. The number of hydrogen-bond acceptors (Lipinski definition) is 3. The first-order valence-electron chi connectivity index (χ1n) is 4.98. The van der Waals surface area contributed by atoms with Gasteiger partial charge >= 0.3 is 0 Å². The molecule has 1 amide bonds. The first-order valence-corrected chi connectivity index (χ1v) is 4.98. The number of amides is 1. The van der Waals surface area contributed by atoms with Crippen molar-refractivity contribution < 1.29 is 10.0 Å². The van der Waals surface area contributed by atoms with Crippen LogP contribution in [0, 0.1) is 11.8 Å². The van der Waals surface area contributed by atoms with E-state index in [9.17, 15) is 4.79 Å². The zero-order valence-electron chi connectivity index (χ0n) is 10.0. The number of carbonyl (C=O) groups is 1. The lowest BCUT2D eigenvalue weighted by Gasteiger charge is -2.26. The molecule has 0 fully saturated rings. The molecule has 0 saturated heterocycles. The zero-order valence-corrected chi connectivity index (χ0v) is 10.0. The van der Waals surface area contributed by atoms with Crippen LogP contribution in [-0.4, -0.2) is 22.5 Å². The quantitative estimate of drug-likeness (QED) is 0.283. The SMILES string of the molecule is CC(C)C(C(=O)NC(C)(C)C)C(N)=NO. The van der Waals surface area contributed by atoms with Crippen LogP contribution >= 0.6 is 0 Å². The number of rotatable bonds is 3. The predicted molar refractivity (Wildman–Crippen MR) is 59.6 cm³/mol. The zero-order chi connectivity index (χ0) is 12.2. The summed E-state index contributed by atoms with van der Waals surface area (Å²) < 4.78 is 0. The van der Waals surface area contributed by atoms with Gasteiger partial charge in [0.05, 0.1) is 0 Å². The summed E-state index contributed by atoms with van der Waals surface area (Å²) in [6, 6.07) is 0. The molecule has 0 aromatic rings. The molecule has 0 bridgehead atoms. The second-order valence-electron chi connectivity index (χ2n) is 4.99. The molecule has 0 rings (SSSR count). The van der Waals surface area contributed by atoms with Crippen LogP contribution in [0.2, 0.25) is 0 Å². The third-order valence-electron chi connectivity index (χ3n) is 1.88. The summed E-state index contributed by atoms with van der Waals surface area (Å²) in [7, 11) is 0. The number of carbonyl (C=O) groups excluding carboxylic acids is 1. The molecule has 0 aromatic heterocycles. The Morgan fingerprint density at radius 2 is 1.87 bits per heavy atom. The summed E-state index contributed by atoms with van der Waals surface area (Å²) in [5.41, 5.74) is 5.16. The van der Waals surface area contributed by atoms with Crippen molar-refractivity contribution in [2.24, 2.45) is 22.7 Å². The molecule has 0 aromatic carbocycles. The highest BCUT2D eigenvalue weighted by Gasteiger charge is 2.29. The molecular formula is C10H21N3O2. The molecule has 1 atom stereocenters. The number of nitrogens with zero attached hydrogens (tertiary/aromatic N) is 1. The van der Waals surface area contributed by atoms with Crippen molar-refractivity contribution in [3.05, 3.63) is 0 Å². The summed E-state index contributed by atoms with van der Waals surface area (Å²) in [4.78, 5) is 11.8. The second-order valence-corrected chi connectivity index (χ2v) is 4.99. The average Bonchev–Trinajstić information content (AvgIpc) is 1.99. The Morgan fingerprint density at radius 3 is 2.13 bits per heavy atom. The van der Waals surface area contributed by atoms with Gasteiger partial charge in [-0.25, -0.2) is 0 Å². The highest BCUT2D eigenvalue weighted by Crippen LogP contribution is 2.13. The van der Waals surface area contributed by atoms with Crippen molar-refractivity contribution in [1.29, 1.82) is 0 Å². The summed E-state index contributed by atoms with van der Waals surface area (Å²) in [5, 5.41) is 14.3. The standard InChI is InChI=1S/C10H21N3O2/c1-6(2)7(8(11)13-15)9(14)12-10(3,4)5/h6-7,15H,1-5H3,(H2,11,13)(H,12,14). The molecule has 0 aliphatic rings. The van der Waals surface area contributed by atoms with Gasteiger partial charge in [-0.05, 0) is 26.7 Å². The minimum absolute atomic E-state index is 0.0109. The third kappa shape index (κ3) is 4.67. The minimum atomic E-state index is -0.589. The van der Waals surface area contributed by atoms with Gasteiger partial charge in [-0.2, -0.15) is 0 Å². The van der Waals surface area contributed by atoms with Crippen molar-refractivity contribution in [2.45, 2.75) is 40.2 Å². The fourth-order valence-electron chi connectivity index (χ4n) is 1.29. The van der Waals surface area contributed by atoms with E-state index in [-0.39, 0.29) is 23.2 Å². The molecule has 0 saturated carbocycles. The van der Waals surface area contributed by atoms with Crippen molar-refractivity contribution >= 4 is 11.7 Å². The van der Waals surface area contributed by atoms with E-state index in [0.29, 0.717) is 0 Å². The van der Waals surface area contributed by atoms with Gasteiger partial charge in [-0.15, -0.1) is 0 Å². The normalized spacial score (nSPS) is 15.2. The minimum Gasteiger partial charge on any atom is -0.409 e. The van der Waals surface area contributed by atoms with E-state index >= 15 is 0 Å². The van der Waals surface area contributed by atoms with E-state index in [1.807, 2.05) is 34.6 Å². The Balaban J connectivity index is 4.73. The van der Waals surface area contributed by atoms with Gasteiger partial charge < -0.3 is 16.3 Å². The lowest BCUT2D eigenvalue weighted by atomic mass is 9.92. The lowest BCUT2D eigenvalue weighted by Crippen LogP contribution is -2.48. The molecule has 0 radical (unpaired) electrons. The average molecular weight is 215 g/mol. The lowest BCUT2D eigenvalue weighted by molar-refractivity contribution is -0.125. The van der Waals surface area contributed by atoms with E-state index < -0.39 is 5.92 Å². The number of amidine groups is 1. The number of nitrogens with two attached hydrogens (primary N) is 1. The highest BCUT2D eigenvalue weighted by molar-refractivity contribution is 6.02. The number of nitrogens with one attached hydrogen (secondary N) is 1. The highest BCUT2D eigenvalue weighted by atomic mass is 16.4. The third-order valence-corrected chi connectivity index (χ3v) is 1.88. The number of oxime groups is 1. The summed E-state index contributed by atoms with van der Waals surface area (Å²) >= 11 is 0. The Hall–Kier alpha value is -1.26. The van der Waals surface area contributed by atoms with E-state index in [2.05, 4.69) is 10.5 Å². The molecule has 4 N–H and O–H groups in total. The van der Waals surface area contributed by atoms with Crippen molar-refractivity contribution in [3.8, 4) is 0 Å². The van der Waals surface area contributed by atoms with E-state index in [4.69, 9.17) is 10.9 Å². The molecule has 0 heterocycles. The van der Waals surface area contributed by atoms with Crippen LogP contribution in [-0.2, 0) is 4.79 Å². The Morgan fingerprint density at radius 1 is 1.40 bits per heavy atom. The first kappa shape index (κ1) is 13.7. The van der Waals surface area contributed by atoms with Crippen LogP contribution in [0.1, 0.15) is 34.6 Å². The predicted octanol–water partition coefficient (Wildman–Crippen LogP) is 0.920. The van der Waals surface area contributed by atoms with Gasteiger partial charge in [0.2, 0.25) is 5.91 Å². The van der Waals surface area contributed by atoms with Gasteiger partial charge in [-0.1, -0.05) is 19.0 Å². The first-order chi connectivity index (χ1) is 6.69. The molecule has 0 aliphatic carbocycles. The number of hydrogen-bond donors (Lipinski definition) is 3. The molecule has 1 unspecified atom stereocenters. The van der Waals surface area contributed by atoms with E-state index in [1.54, 1.807) is 0 Å². The molecule has 0 aliphatic heterocycles. The van der Waals surface area contributed by atoms with Gasteiger partial charge in [0.25, 0.3) is 0 Å². The largest absolute Gasteiger partial charge is 0.409 e. The molecule has 5 heteroatoms. The Bertz CT molecular complexity index is 254. The maximum Gasteiger partial charge on any atom is 0.231 e. The Labute approximate surface area is 90.7 Å². The second kappa shape index (κ2) is 5.00. The maximum atomic E-state index is 11.8. The smallest absolute Gasteiger partial charge is 0.231 e. The topological polar surface area (TPSA) is 87.7 Å². The monoisotopic (exact) mass is 215 g/mol. The molecule has 5 nitrogen and oxygen atoms in total. The molecule has 88 valence electrons.